The van der Waals surface area contributed by atoms with Gasteiger partial charge in [-0.3, -0.25) is 0 Å². The molecule has 0 fully saturated rings. The van der Waals surface area contributed by atoms with Crippen LogP contribution in [0.15, 0.2) is 84.9 Å². The molecule has 0 aliphatic carbocycles. The first kappa shape index (κ1) is 18.3. The predicted octanol–water partition coefficient (Wildman–Crippen LogP) is 6.58. The normalized spacial score (nSPS) is 11.8. The molecular weight excluding hydrogens is 343 g/mol. The molecule has 0 atom stereocenters. The maximum absolute atomic E-state index is 14.0. The van der Waals surface area contributed by atoms with Crippen LogP contribution in [0.25, 0.3) is 0 Å². The van der Waals surface area contributed by atoms with Gasteiger partial charge in [0.15, 0.2) is 0 Å². The third kappa shape index (κ3) is 3.84. The fourth-order valence-corrected chi connectivity index (χ4v) is 4.36. The van der Waals surface area contributed by atoms with E-state index in [1.54, 1.807) is 24.3 Å². The van der Waals surface area contributed by atoms with Gasteiger partial charge in [0.1, 0.15) is 16.7 Å². The summed E-state index contributed by atoms with van der Waals surface area (Å²) in [4.78, 5) is 0. The first-order valence-electron chi connectivity index (χ1n) is 8.57. The Labute approximate surface area is 155 Å². The van der Waals surface area contributed by atoms with Crippen LogP contribution >= 0.6 is 7.60 Å². The maximum atomic E-state index is 14.0. The van der Waals surface area contributed by atoms with Crippen LogP contribution in [0.3, 0.4) is 0 Å². The average molecular weight is 366 g/mol. The molecule has 0 bridgehead atoms. The highest BCUT2D eigenvalue weighted by molar-refractivity contribution is 7.56. The minimum absolute atomic E-state index is 0.520. The molecular formula is C22H23O3P. The molecule has 3 aromatic rings. The zero-order valence-corrected chi connectivity index (χ0v) is 16.1. The molecule has 0 saturated heterocycles. The number of rotatable bonds is 6. The van der Waals surface area contributed by atoms with E-state index in [1.165, 1.54) is 0 Å². The van der Waals surface area contributed by atoms with Crippen LogP contribution in [-0.4, -0.2) is 0 Å². The van der Waals surface area contributed by atoms with Crippen LogP contribution in [0.4, 0.5) is 0 Å². The van der Waals surface area contributed by atoms with Gasteiger partial charge in [-0.25, -0.2) is 4.57 Å². The molecule has 26 heavy (non-hydrogen) atoms. The predicted molar refractivity (Wildman–Crippen MR) is 106 cm³/mol. The van der Waals surface area contributed by atoms with E-state index in [9.17, 15) is 4.57 Å². The second-order valence-corrected chi connectivity index (χ2v) is 9.21. The molecule has 0 N–H and O–H groups in total. The molecule has 3 nitrogen and oxygen atoms in total. The number of para-hydroxylation sites is 2. The van der Waals surface area contributed by atoms with Gasteiger partial charge in [0.2, 0.25) is 0 Å². The Balaban J connectivity index is 2.04. The maximum Gasteiger partial charge on any atom is 0.440 e. The summed E-state index contributed by atoms with van der Waals surface area (Å²) in [5.41, 5.74) is 2.05. The van der Waals surface area contributed by atoms with Gasteiger partial charge in [-0.1, -0.05) is 66.2 Å². The lowest BCUT2D eigenvalue weighted by Crippen LogP contribution is -2.24. The van der Waals surface area contributed by atoms with Gasteiger partial charge in [0.05, 0.1) is 0 Å². The summed E-state index contributed by atoms with van der Waals surface area (Å²) in [7, 11) is -3.60. The van der Waals surface area contributed by atoms with Gasteiger partial charge >= 0.3 is 7.60 Å². The Morgan fingerprint density at radius 2 is 1.12 bits per heavy atom. The van der Waals surface area contributed by atoms with Gasteiger partial charge in [0.25, 0.3) is 0 Å². The van der Waals surface area contributed by atoms with Crippen molar-refractivity contribution in [2.75, 3.05) is 0 Å². The van der Waals surface area contributed by atoms with Gasteiger partial charge < -0.3 is 9.05 Å². The third-order valence-corrected chi connectivity index (χ3v) is 6.91. The van der Waals surface area contributed by atoms with Crippen molar-refractivity contribution in [3.63, 3.8) is 0 Å². The molecule has 0 heterocycles. The number of benzene rings is 3. The van der Waals surface area contributed by atoms with Crippen LogP contribution in [0, 0.1) is 6.92 Å². The van der Waals surface area contributed by atoms with Crippen LogP contribution in [0.1, 0.15) is 25.0 Å². The molecule has 4 heteroatoms. The summed E-state index contributed by atoms with van der Waals surface area (Å²) >= 11 is 0. The molecule has 0 aliphatic rings. The summed E-state index contributed by atoms with van der Waals surface area (Å²) in [6, 6.07) is 26.3. The topological polar surface area (TPSA) is 35.5 Å². The minimum Gasteiger partial charge on any atom is -0.415 e. The SMILES string of the molecule is Cc1ccc(C(C)(C)P(=O)(Oc2ccccc2)Oc2ccccc2)cc1. The number of aryl methyl sites for hydroxylation is 1. The molecule has 0 spiro atoms. The van der Waals surface area contributed by atoms with Gasteiger partial charge in [-0.15, -0.1) is 0 Å². The highest BCUT2D eigenvalue weighted by Gasteiger charge is 2.48. The standard InChI is InChI=1S/C22H23O3P/c1-18-14-16-19(17-15-18)22(2,3)26(23,24-20-10-6-4-7-11-20)25-21-12-8-5-9-13-21/h4-17H,1-3H3. The molecule has 0 amide bonds. The molecule has 0 aliphatic heterocycles. The molecule has 0 radical (unpaired) electrons. The minimum atomic E-state index is -3.60. The second-order valence-electron chi connectivity index (χ2n) is 6.73. The van der Waals surface area contributed by atoms with Crippen molar-refractivity contribution in [2.45, 2.75) is 25.9 Å². The highest BCUT2D eigenvalue weighted by Crippen LogP contribution is 2.63. The van der Waals surface area contributed by atoms with Crippen molar-refractivity contribution < 1.29 is 13.6 Å². The Bertz CT molecular complexity index is 842. The Hall–Kier alpha value is -2.51. The quantitative estimate of drug-likeness (QED) is 0.462. The van der Waals surface area contributed by atoms with Gasteiger partial charge in [0, 0.05) is 0 Å². The van der Waals surface area contributed by atoms with E-state index in [0.29, 0.717) is 11.5 Å². The van der Waals surface area contributed by atoms with Gasteiger partial charge in [-0.2, -0.15) is 0 Å². The fourth-order valence-electron chi connectivity index (χ4n) is 2.61. The Kier molecular flexibility index (Phi) is 5.20. The van der Waals surface area contributed by atoms with Crippen molar-refractivity contribution in [1.82, 2.24) is 0 Å². The first-order chi connectivity index (χ1) is 12.4. The first-order valence-corrected chi connectivity index (χ1v) is 10.1. The van der Waals surface area contributed by atoms with E-state index < -0.39 is 12.8 Å². The number of hydrogen-bond acceptors (Lipinski definition) is 3. The lowest BCUT2D eigenvalue weighted by molar-refractivity contribution is 0.352. The largest absolute Gasteiger partial charge is 0.440 e. The second kappa shape index (κ2) is 7.39. The summed E-state index contributed by atoms with van der Waals surface area (Å²) < 4.78 is 26.0. The lowest BCUT2D eigenvalue weighted by Gasteiger charge is -2.33. The monoisotopic (exact) mass is 366 g/mol. The van der Waals surface area contributed by atoms with Crippen LogP contribution in [0.2, 0.25) is 0 Å². The Morgan fingerprint density at radius 3 is 1.54 bits per heavy atom. The van der Waals surface area contributed by atoms with Crippen LogP contribution in [0.5, 0.6) is 11.5 Å². The Morgan fingerprint density at radius 1 is 0.692 bits per heavy atom. The lowest BCUT2D eigenvalue weighted by atomic mass is 10.0. The average Bonchev–Trinajstić information content (AvgIpc) is 2.63. The van der Waals surface area contributed by atoms with Crippen LogP contribution < -0.4 is 9.05 Å². The molecule has 3 aromatic carbocycles. The summed E-state index contributed by atoms with van der Waals surface area (Å²) in [5, 5.41) is -0.841. The smallest absolute Gasteiger partial charge is 0.415 e. The molecule has 0 unspecified atom stereocenters. The summed E-state index contributed by atoms with van der Waals surface area (Å²) in [5.74, 6) is 1.04. The fraction of sp³-hybridized carbons (Fsp3) is 0.182. The highest BCUT2D eigenvalue weighted by atomic mass is 31.2. The van der Waals surface area contributed by atoms with Gasteiger partial charge in [-0.05, 0) is 50.6 Å². The van der Waals surface area contributed by atoms with E-state index >= 15 is 0 Å². The van der Waals surface area contributed by atoms with Crippen molar-refractivity contribution in [3.05, 3.63) is 96.1 Å². The number of hydrogen-bond donors (Lipinski definition) is 0. The van der Waals surface area contributed by atoms with Crippen LogP contribution in [-0.2, 0) is 9.72 Å². The molecule has 0 saturated carbocycles. The molecule has 134 valence electrons. The van der Waals surface area contributed by atoms with Crippen molar-refractivity contribution >= 4 is 7.60 Å². The van der Waals surface area contributed by atoms with Crippen molar-refractivity contribution in [2.24, 2.45) is 0 Å². The zero-order chi connectivity index (χ0) is 18.6. The summed E-state index contributed by atoms with van der Waals surface area (Å²) in [6.07, 6.45) is 0. The van der Waals surface area contributed by atoms with E-state index in [0.717, 1.165) is 11.1 Å². The van der Waals surface area contributed by atoms with E-state index in [2.05, 4.69) is 0 Å². The summed E-state index contributed by atoms with van der Waals surface area (Å²) in [6.45, 7) is 5.81. The van der Waals surface area contributed by atoms with Crippen molar-refractivity contribution in [3.8, 4) is 11.5 Å². The van der Waals surface area contributed by atoms with Crippen molar-refractivity contribution in [1.29, 1.82) is 0 Å². The zero-order valence-electron chi connectivity index (χ0n) is 15.3. The third-order valence-electron chi connectivity index (χ3n) is 4.38. The molecule has 0 aromatic heterocycles. The van der Waals surface area contributed by atoms with E-state index in [1.807, 2.05) is 81.4 Å². The van der Waals surface area contributed by atoms with E-state index in [-0.39, 0.29) is 0 Å². The molecule has 3 rings (SSSR count). The van der Waals surface area contributed by atoms with E-state index in [4.69, 9.17) is 9.05 Å².